The van der Waals surface area contributed by atoms with Gasteiger partial charge in [0.25, 0.3) is 11.8 Å². The van der Waals surface area contributed by atoms with Crippen molar-refractivity contribution in [2.75, 3.05) is 25.4 Å². The van der Waals surface area contributed by atoms with Crippen molar-refractivity contribution >= 4 is 62.8 Å². The van der Waals surface area contributed by atoms with Crippen LogP contribution in [0.3, 0.4) is 0 Å². The predicted octanol–water partition coefficient (Wildman–Crippen LogP) is -3.76. The molecule has 0 aliphatic carbocycles. The monoisotopic (exact) mass is 593 g/mol. The number of carboxylic acid groups (broad SMARTS) is 1. The van der Waals surface area contributed by atoms with E-state index in [1.807, 2.05) is 0 Å². The number of ether oxygens (including phenoxy) is 1. The Morgan fingerprint density at radius 1 is 1.33 bits per heavy atom. The fourth-order valence-corrected chi connectivity index (χ4v) is 5.23. The molecule has 3 rings (SSSR count). The summed E-state index contributed by atoms with van der Waals surface area (Å²) in [6.07, 6.45) is -1.65. The number of nitrogens with one attached hydrogen (secondary N) is 1. The lowest BCUT2D eigenvalue weighted by atomic mass is 9.97. The van der Waals surface area contributed by atoms with Crippen LogP contribution in [0.15, 0.2) is 15.1 Å². The maximum absolute atomic E-state index is 13.2. The fraction of sp³-hybridized carbons (Fsp3) is 0.611. The molecule has 4 atom stereocenters. The van der Waals surface area contributed by atoms with Crippen molar-refractivity contribution in [2.24, 2.45) is 32.3 Å². The summed E-state index contributed by atoms with van der Waals surface area (Å²) in [6, 6.07) is -3.96. The van der Waals surface area contributed by atoms with Crippen molar-refractivity contribution in [3.8, 4) is 0 Å². The number of nitrogens with zero attached hydrogens (tertiary/aromatic N) is 5. The normalized spacial score (nSPS) is 25.5. The van der Waals surface area contributed by atoms with Crippen molar-refractivity contribution in [3.63, 3.8) is 0 Å². The Kier molecular flexibility index (Phi) is 8.45. The summed E-state index contributed by atoms with van der Waals surface area (Å²) in [5.74, 6) is -3.73. The Morgan fingerprint density at radius 3 is 2.54 bits per heavy atom. The van der Waals surface area contributed by atoms with Crippen LogP contribution in [0.2, 0.25) is 0 Å². The molecule has 216 valence electrons. The molecule has 0 aromatic carbocycles. The number of thioether (sulfide) groups is 1. The predicted molar refractivity (Wildman–Crippen MR) is 135 cm³/mol. The van der Waals surface area contributed by atoms with Crippen LogP contribution in [0, 0.1) is 0 Å². The van der Waals surface area contributed by atoms with E-state index in [1.54, 1.807) is 0 Å². The average Bonchev–Trinajstić information content (AvgIpc) is 3.39. The number of nitrogens with two attached hydrogens (primary N) is 3. The van der Waals surface area contributed by atoms with Gasteiger partial charge in [0.15, 0.2) is 16.8 Å². The van der Waals surface area contributed by atoms with E-state index in [2.05, 4.69) is 20.5 Å². The van der Waals surface area contributed by atoms with E-state index in [4.69, 9.17) is 26.8 Å². The number of carbonyl (C=O) groups is 4. The Bertz CT molecular complexity index is 1250. The van der Waals surface area contributed by atoms with Gasteiger partial charge in [-0.3, -0.25) is 19.1 Å². The molecule has 9 N–H and O–H groups in total. The van der Waals surface area contributed by atoms with Crippen LogP contribution in [0.4, 0.5) is 4.79 Å². The van der Waals surface area contributed by atoms with E-state index in [9.17, 15) is 37.3 Å². The largest absolute Gasteiger partial charge is 0.478 e. The van der Waals surface area contributed by atoms with Crippen LogP contribution in [-0.4, -0.2) is 123 Å². The minimum absolute atomic E-state index is 0.0775. The highest BCUT2D eigenvalue weighted by Crippen LogP contribution is 2.27. The van der Waals surface area contributed by atoms with Crippen molar-refractivity contribution in [1.82, 2.24) is 14.5 Å². The van der Waals surface area contributed by atoms with Crippen LogP contribution in [0.25, 0.3) is 0 Å². The molecule has 0 radical (unpaired) electrons. The highest BCUT2D eigenvalue weighted by Gasteiger charge is 2.56. The van der Waals surface area contributed by atoms with Crippen molar-refractivity contribution in [1.29, 1.82) is 0 Å². The van der Waals surface area contributed by atoms with Crippen molar-refractivity contribution in [2.45, 2.75) is 43.7 Å². The number of hydrogen-bond donors (Lipinski definition) is 6. The number of guanidine groups is 1. The summed E-state index contributed by atoms with van der Waals surface area (Å²) in [5.41, 5.74) is 13.9. The van der Waals surface area contributed by atoms with E-state index in [0.29, 0.717) is 0 Å². The number of hydrogen-bond acceptors (Lipinski definition) is 13. The molecule has 3 heterocycles. The molecule has 0 aromatic heterocycles. The molecular weight excluding hydrogens is 566 g/mol. The zero-order valence-electron chi connectivity index (χ0n) is 20.6. The van der Waals surface area contributed by atoms with E-state index in [-0.39, 0.29) is 34.3 Å². The number of oxime groups is 1. The summed E-state index contributed by atoms with van der Waals surface area (Å²) in [5, 5.41) is 15.3. The number of aliphatic imine (C=N–C) groups is 2. The molecule has 39 heavy (non-hydrogen) atoms. The molecule has 0 spiro atoms. The number of β-lactam (4-membered cyclic amide) rings is 1. The molecular formula is C18H27N9O10S2. The van der Waals surface area contributed by atoms with E-state index in [1.165, 1.54) is 13.8 Å². The lowest BCUT2D eigenvalue weighted by molar-refractivity contribution is -0.161. The lowest BCUT2D eigenvalue weighted by Gasteiger charge is -2.45. The third-order valence-corrected chi connectivity index (χ3v) is 7.48. The minimum Gasteiger partial charge on any atom is -0.478 e. The molecule has 0 aromatic rings. The second-order valence-corrected chi connectivity index (χ2v) is 11.3. The topological polar surface area (TPSA) is 295 Å². The lowest BCUT2D eigenvalue weighted by Crippen LogP contribution is -2.74. The van der Waals surface area contributed by atoms with Gasteiger partial charge >= 0.3 is 22.4 Å². The first kappa shape index (κ1) is 29.7. The van der Waals surface area contributed by atoms with Crippen LogP contribution in [0.1, 0.15) is 13.8 Å². The fourth-order valence-electron chi connectivity index (χ4n) is 3.60. The molecule has 3 aliphatic heterocycles. The SMILES string of the molecule is CC(C)(O/N=C(\C(=O)N[C@@H]1C(=O)N(S(=O)(=O)O)[C@@H]1CN1C[C@H](CN=C(N)N)OC1=O)C1CSC(N)=N1)C(=O)O. The van der Waals surface area contributed by atoms with Crippen molar-refractivity contribution in [3.05, 3.63) is 0 Å². The molecule has 2 saturated heterocycles. The third-order valence-electron chi connectivity index (χ3n) is 5.65. The second kappa shape index (κ2) is 11.1. The first-order valence-electron chi connectivity index (χ1n) is 11.1. The molecule has 3 amide bonds. The Morgan fingerprint density at radius 2 is 2.00 bits per heavy atom. The molecule has 0 bridgehead atoms. The van der Waals surface area contributed by atoms with Gasteiger partial charge in [-0.15, -0.1) is 0 Å². The van der Waals surface area contributed by atoms with Crippen LogP contribution < -0.4 is 22.5 Å². The zero-order valence-corrected chi connectivity index (χ0v) is 22.2. The number of carbonyl (C=O) groups excluding carboxylic acids is 3. The Labute approximate surface area is 225 Å². The Balaban J connectivity index is 1.82. The molecule has 19 nitrogen and oxygen atoms in total. The molecule has 21 heteroatoms. The second-order valence-electron chi connectivity index (χ2n) is 8.98. The van der Waals surface area contributed by atoms with Gasteiger partial charge in [-0.25, -0.2) is 18.9 Å². The number of amides is 3. The maximum Gasteiger partial charge on any atom is 0.410 e. The first-order valence-corrected chi connectivity index (χ1v) is 13.5. The van der Waals surface area contributed by atoms with Gasteiger partial charge in [0, 0.05) is 12.3 Å². The first-order chi connectivity index (χ1) is 18.0. The molecule has 3 aliphatic rings. The van der Waals surface area contributed by atoms with Crippen LogP contribution >= 0.6 is 11.8 Å². The highest BCUT2D eigenvalue weighted by atomic mass is 32.2. The van der Waals surface area contributed by atoms with E-state index < -0.39 is 76.3 Å². The smallest absolute Gasteiger partial charge is 0.410 e. The van der Waals surface area contributed by atoms with Gasteiger partial charge in [-0.05, 0) is 13.8 Å². The maximum atomic E-state index is 13.2. The van der Waals surface area contributed by atoms with Gasteiger partial charge in [-0.2, -0.15) is 8.42 Å². The van der Waals surface area contributed by atoms with Gasteiger partial charge in [-0.1, -0.05) is 16.9 Å². The van der Waals surface area contributed by atoms with Gasteiger partial charge in [0.05, 0.1) is 19.1 Å². The summed E-state index contributed by atoms with van der Waals surface area (Å²) in [4.78, 5) is 63.3. The van der Waals surface area contributed by atoms with Crippen LogP contribution in [0.5, 0.6) is 0 Å². The summed E-state index contributed by atoms with van der Waals surface area (Å²) in [6.45, 7) is 1.73. The molecule has 0 saturated carbocycles. The van der Waals surface area contributed by atoms with Gasteiger partial charge < -0.3 is 42.1 Å². The summed E-state index contributed by atoms with van der Waals surface area (Å²) < 4.78 is 38.5. The number of cyclic esters (lactones) is 1. The minimum atomic E-state index is -5.07. The molecule has 2 fully saturated rings. The number of rotatable bonds is 11. The molecule has 1 unspecified atom stereocenters. The number of carboxylic acids is 1. The standard InChI is InChI=1S/C18H27N9O10S2/c1-18(2,14(30)31)37-25-10(8-6-38-16(21)23-8)12(28)24-11-9(27(13(11)29)39(33,34)35)5-26-4-7(36-17(26)32)3-22-15(19)20/h7-9,11H,3-6H2,1-2H3,(H2,21,23)(H,24,28)(H,30,31)(H4,19,20,22)(H,33,34,35)/b25-10-/t7-,8?,9+,11-/m0/s1. The van der Waals surface area contributed by atoms with Crippen LogP contribution in [-0.2, 0) is 34.3 Å². The van der Waals surface area contributed by atoms with Crippen molar-refractivity contribution < 1.29 is 46.8 Å². The summed E-state index contributed by atoms with van der Waals surface area (Å²) >= 11 is 1.09. The summed E-state index contributed by atoms with van der Waals surface area (Å²) in [7, 11) is -5.07. The van der Waals surface area contributed by atoms with E-state index in [0.717, 1.165) is 16.7 Å². The highest BCUT2D eigenvalue weighted by molar-refractivity contribution is 8.14. The quantitative estimate of drug-likeness (QED) is 0.0441. The van der Waals surface area contributed by atoms with Gasteiger partial charge in [0.1, 0.15) is 18.2 Å². The number of amidine groups is 1. The Hall–Kier alpha value is -3.85. The average molecular weight is 594 g/mol. The zero-order chi connectivity index (χ0) is 29.3. The number of aliphatic carboxylic acids is 1. The van der Waals surface area contributed by atoms with E-state index >= 15 is 0 Å². The third kappa shape index (κ3) is 6.78. The van der Waals surface area contributed by atoms with Gasteiger partial charge in [0.2, 0.25) is 5.60 Å².